The summed E-state index contributed by atoms with van der Waals surface area (Å²) in [6.07, 6.45) is 6.37. The Kier molecular flexibility index (Phi) is 6.51. The molecule has 2 N–H and O–H groups in total. The average molecular weight is 240 g/mol. The Bertz CT molecular complexity index is 299. The van der Waals surface area contributed by atoms with Crippen molar-refractivity contribution in [2.24, 2.45) is 5.73 Å². The van der Waals surface area contributed by atoms with Crippen LogP contribution in [0.3, 0.4) is 0 Å². The average Bonchev–Trinajstić information content (AvgIpc) is 2.29. The van der Waals surface area contributed by atoms with Crippen LogP contribution in [0.2, 0.25) is 5.02 Å². The van der Waals surface area contributed by atoms with Gasteiger partial charge in [0.05, 0.1) is 0 Å². The lowest BCUT2D eigenvalue weighted by Crippen LogP contribution is -2.12. The molecule has 0 fully saturated rings. The Morgan fingerprint density at radius 1 is 1.25 bits per heavy atom. The molecule has 0 aliphatic heterocycles. The van der Waals surface area contributed by atoms with Crippen LogP contribution in [0.25, 0.3) is 0 Å². The van der Waals surface area contributed by atoms with Gasteiger partial charge >= 0.3 is 0 Å². The SMILES string of the molecule is CCCCCCC(CN)c1cccc(Cl)c1. The largest absolute Gasteiger partial charge is 0.330 e. The van der Waals surface area contributed by atoms with Crippen LogP contribution < -0.4 is 5.73 Å². The Morgan fingerprint density at radius 2 is 2.06 bits per heavy atom. The first kappa shape index (κ1) is 13.5. The topological polar surface area (TPSA) is 26.0 Å². The fraction of sp³-hybridized carbons (Fsp3) is 0.571. The molecule has 0 radical (unpaired) electrons. The van der Waals surface area contributed by atoms with E-state index in [2.05, 4.69) is 13.0 Å². The van der Waals surface area contributed by atoms with Crippen LogP contribution in [0.1, 0.15) is 50.5 Å². The zero-order chi connectivity index (χ0) is 11.8. The Labute approximate surface area is 104 Å². The molecule has 1 atom stereocenters. The minimum atomic E-state index is 0.468. The van der Waals surface area contributed by atoms with E-state index < -0.39 is 0 Å². The van der Waals surface area contributed by atoms with E-state index in [1.165, 1.54) is 37.7 Å². The molecule has 1 aromatic carbocycles. The number of nitrogens with two attached hydrogens (primary N) is 1. The van der Waals surface area contributed by atoms with Crippen molar-refractivity contribution in [1.29, 1.82) is 0 Å². The first-order valence-corrected chi connectivity index (χ1v) is 6.61. The quantitative estimate of drug-likeness (QED) is 0.704. The third-order valence-electron chi connectivity index (χ3n) is 3.01. The molecular formula is C14H22ClN. The van der Waals surface area contributed by atoms with Gasteiger partial charge in [-0.05, 0) is 36.6 Å². The van der Waals surface area contributed by atoms with E-state index in [0.717, 1.165) is 5.02 Å². The number of rotatable bonds is 7. The van der Waals surface area contributed by atoms with Gasteiger partial charge in [0, 0.05) is 5.02 Å². The molecule has 2 heteroatoms. The summed E-state index contributed by atoms with van der Waals surface area (Å²) in [5, 5.41) is 0.810. The highest BCUT2D eigenvalue weighted by Gasteiger charge is 2.09. The van der Waals surface area contributed by atoms with Crippen molar-refractivity contribution in [1.82, 2.24) is 0 Å². The fourth-order valence-corrected chi connectivity index (χ4v) is 2.20. The maximum Gasteiger partial charge on any atom is 0.0408 e. The summed E-state index contributed by atoms with van der Waals surface area (Å²) >= 11 is 5.99. The van der Waals surface area contributed by atoms with Gasteiger partial charge in [0.25, 0.3) is 0 Å². The van der Waals surface area contributed by atoms with Crippen molar-refractivity contribution in [3.05, 3.63) is 34.9 Å². The van der Waals surface area contributed by atoms with Gasteiger partial charge in [-0.15, -0.1) is 0 Å². The summed E-state index contributed by atoms with van der Waals surface area (Å²) in [6.45, 7) is 2.95. The van der Waals surface area contributed by atoms with Crippen molar-refractivity contribution >= 4 is 11.6 Å². The van der Waals surface area contributed by atoms with Crippen LogP contribution in [0.15, 0.2) is 24.3 Å². The van der Waals surface area contributed by atoms with Gasteiger partial charge < -0.3 is 5.73 Å². The van der Waals surface area contributed by atoms with Gasteiger partial charge in [0.15, 0.2) is 0 Å². The van der Waals surface area contributed by atoms with Gasteiger partial charge in [0.1, 0.15) is 0 Å². The number of unbranched alkanes of at least 4 members (excludes halogenated alkanes) is 3. The number of benzene rings is 1. The second-order valence-electron chi connectivity index (χ2n) is 4.34. The molecule has 16 heavy (non-hydrogen) atoms. The van der Waals surface area contributed by atoms with Crippen molar-refractivity contribution in [3.63, 3.8) is 0 Å². The second kappa shape index (κ2) is 7.70. The third kappa shape index (κ3) is 4.54. The van der Waals surface area contributed by atoms with Gasteiger partial charge in [0.2, 0.25) is 0 Å². The van der Waals surface area contributed by atoms with Gasteiger partial charge in [-0.2, -0.15) is 0 Å². The smallest absolute Gasteiger partial charge is 0.0408 e. The van der Waals surface area contributed by atoms with E-state index in [-0.39, 0.29) is 0 Å². The van der Waals surface area contributed by atoms with Crippen LogP contribution in [-0.2, 0) is 0 Å². The molecule has 0 bridgehead atoms. The molecule has 0 amide bonds. The Morgan fingerprint density at radius 3 is 2.69 bits per heavy atom. The first-order chi connectivity index (χ1) is 7.77. The molecular weight excluding hydrogens is 218 g/mol. The maximum absolute atomic E-state index is 5.99. The molecule has 1 rings (SSSR count). The predicted molar refractivity (Wildman–Crippen MR) is 72.0 cm³/mol. The summed E-state index contributed by atoms with van der Waals surface area (Å²) in [5.74, 6) is 0.468. The Balaban J connectivity index is 2.47. The van der Waals surface area contributed by atoms with Crippen molar-refractivity contribution in [2.45, 2.75) is 44.9 Å². The summed E-state index contributed by atoms with van der Waals surface area (Å²) in [5.41, 5.74) is 7.11. The van der Waals surface area contributed by atoms with Crippen molar-refractivity contribution in [2.75, 3.05) is 6.54 Å². The van der Waals surface area contributed by atoms with Crippen molar-refractivity contribution < 1.29 is 0 Å². The number of hydrogen-bond donors (Lipinski definition) is 1. The van der Waals surface area contributed by atoms with Crippen LogP contribution in [-0.4, -0.2) is 6.54 Å². The normalized spacial score (nSPS) is 12.7. The third-order valence-corrected chi connectivity index (χ3v) is 3.25. The number of halogens is 1. The Hall–Kier alpha value is -0.530. The van der Waals surface area contributed by atoms with E-state index in [1.54, 1.807) is 0 Å². The van der Waals surface area contributed by atoms with Gasteiger partial charge in [-0.3, -0.25) is 0 Å². The highest BCUT2D eigenvalue weighted by molar-refractivity contribution is 6.30. The van der Waals surface area contributed by atoms with E-state index in [9.17, 15) is 0 Å². The van der Waals surface area contributed by atoms with Crippen LogP contribution in [0, 0.1) is 0 Å². The molecule has 1 unspecified atom stereocenters. The summed E-state index contributed by atoms with van der Waals surface area (Å²) in [7, 11) is 0. The first-order valence-electron chi connectivity index (χ1n) is 6.23. The maximum atomic E-state index is 5.99. The molecule has 0 aromatic heterocycles. The van der Waals surface area contributed by atoms with Crippen LogP contribution in [0.5, 0.6) is 0 Å². The molecule has 0 aliphatic carbocycles. The van der Waals surface area contributed by atoms with Gasteiger partial charge in [-0.25, -0.2) is 0 Å². The van der Waals surface area contributed by atoms with E-state index in [4.69, 9.17) is 17.3 Å². The van der Waals surface area contributed by atoms with E-state index >= 15 is 0 Å². The summed E-state index contributed by atoms with van der Waals surface area (Å²) in [6, 6.07) is 8.09. The van der Waals surface area contributed by atoms with E-state index in [0.29, 0.717) is 12.5 Å². The molecule has 0 aliphatic rings. The molecule has 0 spiro atoms. The zero-order valence-corrected chi connectivity index (χ0v) is 10.8. The highest BCUT2D eigenvalue weighted by atomic mass is 35.5. The van der Waals surface area contributed by atoms with Crippen LogP contribution >= 0.6 is 11.6 Å². The lowest BCUT2D eigenvalue weighted by molar-refractivity contribution is 0.559. The molecule has 1 nitrogen and oxygen atoms in total. The predicted octanol–water partition coefficient (Wildman–Crippen LogP) is 4.35. The summed E-state index contributed by atoms with van der Waals surface area (Å²) in [4.78, 5) is 0. The zero-order valence-electron chi connectivity index (χ0n) is 10.1. The lowest BCUT2D eigenvalue weighted by atomic mass is 9.93. The molecule has 90 valence electrons. The lowest BCUT2D eigenvalue weighted by Gasteiger charge is -2.15. The molecule has 0 saturated heterocycles. The van der Waals surface area contributed by atoms with Crippen molar-refractivity contribution in [3.8, 4) is 0 Å². The van der Waals surface area contributed by atoms with Gasteiger partial charge in [-0.1, -0.05) is 56.3 Å². The standard InChI is InChI=1S/C14H22ClN/c1-2-3-4-5-7-13(11-16)12-8-6-9-14(15)10-12/h6,8-10,13H,2-5,7,11,16H2,1H3. The number of hydrogen-bond acceptors (Lipinski definition) is 1. The van der Waals surface area contributed by atoms with E-state index in [1.807, 2.05) is 18.2 Å². The minimum absolute atomic E-state index is 0.468. The minimum Gasteiger partial charge on any atom is -0.330 e. The van der Waals surface area contributed by atoms with Crippen LogP contribution in [0.4, 0.5) is 0 Å². The fourth-order valence-electron chi connectivity index (χ4n) is 2.00. The summed E-state index contributed by atoms with van der Waals surface area (Å²) < 4.78 is 0. The monoisotopic (exact) mass is 239 g/mol. The second-order valence-corrected chi connectivity index (χ2v) is 4.77. The molecule has 0 saturated carbocycles. The molecule has 0 heterocycles. The highest BCUT2D eigenvalue weighted by Crippen LogP contribution is 2.24. The molecule has 1 aromatic rings.